The highest BCUT2D eigenvalue weighted by molar-refractivity contribution is 7.92. The number of rotatable bonds is 7. The Bertz CT molecular complexity index is 946. The van der Waals surface area contributed by atoms with E-state index in [1.807, 2.05) is 19.1 Å². The molecule has 1 fully saturated rings. The molecule has 2 aromatic rings. The van der Waals surface area contributed by atoms with Gasteiger partial charge >= 0.3 is 0 Å². The maximum absolute atomic E-state index is 13.4. The van der Waals surface area contributed by atoms with E-state index in [0.717, 1.165) is 5.56 Å². The van der Waals surface area contributed by atoms with Gasteiger partial charge in [0.25, 0.3) is 0 Å². The molecular weight excluding hydrogens is 425 g/mol. The Balaban J connectivity index is 2.10. The molecule has 0 bridgehead atoms. The SMILES string of the molecule is CCOC[C@]1(C(N)=S)[C@@H](c2ccc(Cl)cc2)[C@@H]1S(=O)(=O)c1ccc(Cl)cc1. The molecule has 0 spiro atoms. The zero-order valence-electron chi connectivity index (χ0n) is 14.6. The van der Waals surface area contributed by atoms with Crippen molar-refractivity contribution >= 4 is 50.2 Å². The van der Waals surface area contributed by atoms with E-state index in [9.17, 15) is 8.42 Å². The summed E-state index contributed by atoms with van der Waals surface area (Å²) in [5, 5.41) is 0.229. The van der Waals surface area contributed by atoms with Gasteiger partial charge in [-0.25, -0.2) is 8.42 Å². The van der Waals surface area contributed by atoms with E-state index in [-0.39, 0.29) is 16.5 Å². The van der Waals surface area contributed by atoms with Gasteiger partial charge < -0.3 is 10.5 Å². The summed E-state index contributed by atoms with van der Waals surface area (Å²) in [6, 6.07) is 13.2. The van der Waals surface area contributed by atoms with E-state index in [2.05, 4.69) is 0 Å². The van der Waals surface area contributed by atoms with Crippen LogP contribution in [0, 0.1) is 5.41 Å². The monoisotopic (exact) mass is 443 g/mol. The molecule has 0 heterocycles. The highest BCUT2D eigenvalue weighted by atomic mass is 35.5. The molecule has 2 aromatic carbocycles. The van der Waals surface area contributed by atoms with Crippen LogP contribution < -0.4 is 5.73 Å². The molecule has 0 unspecified atom stereocenters. The second-order valence-electron chi connectivity index (χ2n) is 6.49. The normalized spacial score (nSPS) is 24.6. The van der Waals surface area contributed by atoms with Crippen molar-refractivity contribution in [3.05, 3.63) is 64.1 Å². The Kier molecular flexibility index (Phi) is 5.85. The first-order valence-electron chi connectivity index (χ1n) is 8.37. The Labute approximate surface area is 174 Å². The molecule has 1 aliphatic carbocycles. The standard InChI is InChI=1S/C19H19Cl2NO3S2/c1-2-25-11-19(18(22)26)16(12-3-5-13(20)6-4-12)17(19)27(23,24)15-9-7-14(21)8-10-15/h3-10,16-17H,2,11H2,1H3,(H2,22,26)/t16-,17-,19-/m0/s1. The average molecular weight is 444 g/mol. The van der Waals surface area contributed by atoms with Gasteiger partial charge in [0.15, 0.2) is 9.84 Å². The second kappa shape index (κ2) is 7.68. The van der Waals surface area contributed by atoms with Crippen LogP contribution in [-0.2, 0) is 14.6 Å². The minimum absolute atomic E-state index is 0.137. The van der Waals surface area contributed by atoms with Crippen molar-refractivity contribution in [1.82, 2.24) is 0 Å². The molecular formula is C19H19Cl2NO3S2. The third-order valence-corrected chi connectivity index (χ3v) is 8.14. The van der Waals surface area contributed by atoms with E-state index >= 15 is 0 Å². The van der Waals surface area contributed by atoms with Gasteiger partial charge in [-0.3, -0.25) is 0 Å². The van der Waals surface area contributed by atoms with E-state index in [1.54, 1.807) is 24.3 Å². The summed E-state index contributed by atoms with van der Waals surface area (Å²) >= 11 is 17.2. The van der Waals surface area contributed by atoms with Gasteiger partial charge in [-0.2, -0.15) is 0 Å². The topological polar surface area (TPSA) is 69.4 Å². The molecule has 2 N–H and O–H groups in total. The lowest BCUT2D eigenvalue weighted by molar-refractivity contribution is 0.121. The summed E-state index contributed by atoms with van der Waals surface area (Å²) in [5.41, 5.74) is 5.91. The summed E-state index contributed by atoms with van der Waals surface area (Å²) < 4.78 is 32.4. The number of nitrogens with two attached hydrogens (primary N) is 1. The number of sulfone groups is 1. The minimum atomic E-state index is -3.71. The number of halogens is 2. The molecule has 0 aliphatic heterocycles. The van der Waals surface area contributed by atoms with Crippen molar-refractivity contribution in [1.29, 1.82) is 0 Å². The first-order chi connectivity index (χ1) is 12.7. The zero-order chi connectivity index (χ0) is 19.8. The van der Waals surface area contributed by atoms with E-state index in [0.29, 0.717) is 16.7 Å². The van der Waals surface area contributed by atoms with Crippen LogP contribution in [-0.4, -0.2) is 31.9 Å². The smallest absolute Gasteiger partial charge is 0.182 e. The Morgan fingerprint density at radius 3 is 2.11 bits per heavy atom. The fraction of sp³-hybridized carbons (Fsp3) is 0.316. The first-order valence-corrected chi connectivity index (χ1v) is 11.1. The second-order valence-corrected chi connectivity index (χ2v) is 9.87. The molecule has 144 valence electrons. The highest BCUT2D eigenvalue weighted by Gasteiger charge is 2.73. The molecule has 1 aliphatic rings. The van der Waals surface area contributed by atoms with Crippen LogP contribution >= 0.6 is 35.4 Å². The lowest BCUT2D eigenvalue weighted by Crippen LogP contribution is -2.33. The predicted molar refractivity (Wildman–Crippen MR) is 112 cm³/mol. The zero-order valence-corrected chi connectivity index (χ0v) is 17.7. The van der Waals surface area contributed by atoms with Gasteiger partial charge in [-0.15, -0.1) is 0 Å². The molecule has 0 saturated heterocycles. The number of ether oxygens (including phenoxy) is 1. The third kappa shape index (κ3) is 3.61. The molecule has 0 radical (unpaired) electrons. The fourth-order valence-corrected chi connectivity index (χ4v) is 6.60. The lowest BCUT2D eigenvalue weighted by Gasteiger charge is -2.17. The van der Waals surface area contributed by atoms with Crippen molar-refractivity contribution in [2.45, 2.75) is 23.0 Å². The number of thiocarbonyl (C=S) groups is 1. The van der Waals surface area contributed by atoms with Crippen LogP contribution in [0.1, 0.15) is 18.4 Å². The Hall–Kier alpha value is -1.18. The summed E-state index contributed by atoms with van der Waals surface area (Å²) in [7, 11) is -3.71. The van der Waals surface area contributed by atoms with Crippen molar-refractivity contribution in [3.63, 3.8) is 0 Å². The summed E-state index contributed by atoms with van der Waals surface area (Å²) in [6.07, 6.45) is 0. The van der Waals surface area contributed by atoms with Crippen molar-refractivity contribution in [2.24, 2.45) is 11.1 Å². The van der Waals surface area contributed by atoms with Crippen LogP contribution in [0.15, 0.2) is 53.4 Å². The number of benzene rings is 2. The molecule has 8 heteroatoms. The molecule has 3 rings (SSSR count). The highest BCUT2D eigenvalue weighted by Crippen LogP contribution is 2.64. The number of hydrogen-bond donors (Lipinski definition) is 1. The fourth-order valence-electron chi connectivity index (χ4n) is 3.58. The molecule has 0 amide bonds. The summed E-state index contributed by atoms with van der Waals surface area (Å²) in [6.45, 7) is 2.42. The van der Waals surface area contributed by atoms with Gasteiger partial charge in [-0.05, 0) is 48.9 Å². The van der Waals surface area contributed by atoms with Crippen molar-refractivity contribution in [2.75, 3.05) is 13.2 Å². The van der Waals surface area contributed by atoms with Gasteiger partial charge in [-0.1, -0.05) is 47.6 Å². The van der Waals surface area contributed by atoms with Crippen LogP contribution in [0.25, 0.3) is 0 Å². The van der Waals surface area contributed by atoms with Crippen LogP contribution in [0.3, 0.4) is 0 Å². The molecule has 1 saturated carbocycles. The molecule has 3 atom stereocenters. The van der Waals surface area contributed by atoms with Gasteiger partial charge in [0.1, 0.15) is 0 Å². The van der Waals surface area contributed by atoms with Crippen molar-refractivity contribution < 1.29 is 13.2 Å². The Morgan fingerprint density at radius 2 is 1.63 bits per heavy atom. The van der Waals surface area contributed by atoms with E-state index in [1.165, 1.54) is 12.1 Å². The van der Waals surface area contributed by atoms with E-state index in [4.69, 9.17) is 45.9 Å². The maximum atomic E-state index is 13.4. The molecule has 0 aromatic heterocycles. The summed E-state index contributed by atoms with van der Waals surface area (Å²) in [4.78, 5) is 0.323. The quantitative estimate of drug-likeness (QED) is 0.647. The van der Waals surface area contributed by atoms with E-state index < -0.39 is 26.4 Å². The first kappa shape index (κ1) is 20.6. The van der Waals surface area contributed by atoms with Gasteiger partial charge in [0.05, 0.1) is 27.2 Å². The third-order valence-electron chi connectivity index (χ3n) is 4.97. The predicted octanol–water partition coefficient (Wildman–Crippen LogP) is 4.24. The molecule has 4 nitrogen and oxygen atoms in total. The van der Waals surface area contributed by atoms with Crippen LogP contribution in [0.2, 0.25) is 10.0 Å². The van der Waals surface area contributed by atoms with Gasteiger partial charge in [0.2, 0.25) is 0 Å². The lowest BCUT2D eigenvalue weighted by atomic mass is 10.00. The average Bonchev–Trinajstić information content (AvgIpc) is 3.32. The van der Waals surface area contributed by atoms with Crippen LogP contribution in [0.5, 0.6) is 0 Å². The van der Waals surface area contributed by atoms with Crippen LogP contribution in [0.4, 0.5) is 0 Å². The van der Waals surface area contributed by atoms with Gasteiger partial charge in [0, 0.05) is 22.6 Å². The number of hydrogen-bond acceptors (Lipinski definition) is 4. The minimum Gasteiger partial charge on any atom is -0.393 e. The van der Waals surface area contributed by atoms with Crippen molar-refractivity contribution in [3.8, 4) is 0 Å². The summed E-state index contributed by atoms with van der Waals surface area (Å²) in [5.74, 6) is -0.403. The largest absolute Gasteiger partial charge is 0.393 e. The maximum Gasteiger partial charge on any atom is 0.182 e. The Morgan fingerprint density at radius 1 is 1.11 bits per heavy atom. The molecule has 27 heavy (non-hydrogen) atoms.